The number of fused-ring (bicyclic) bond motifs is 1. The highest BCUT2D eigenvalue weighted by Crippen LogP contribution is 2.19. The molecule has 15 nitrogen and oxygen atoms in total. The topological polar surface area (TPSA) is 251 Å². The Bertz CT molecular complexity index is 1430. The molecule has 2 aromatic rings. The molecule has 0 unspecified atom stereocenters. The molecule has 0 aliphatic carbocycles. The molecule has 0 aliphatic rings. The Hall–Kier alpha value is -4.15. The first-order chi connectivity index (χ1) is 23.2. The van der Waals surface area contributed by atoms with Gasteiger partial charge in [-0.15, -0.1) is 0 Å². The molecule has 0 fully saturated rings. The average Bonchev–Trinajstić information content (AvgIpc) is 3.47. The van der Waals surface area contributed by atoms with E-state index in [9.17, 15) is 33.9 Å². The van der Waals surface area contributed by atoms with E-state index < -0.39 is 71.8 Å². The quantitative estimate of drug-likeness (QED) is 0.0794. The van der Waals surface area contributed by atoms with Crippen molar-refractivity contribution >= 4 is 58.2 Å². The first kappa shape index (κ1) is 41.0. The number of hydrogen-bond donors (Lipinski definition) is 9. The van der Waals surface area contributed by atoms with Crippen LogP contribution in [-0.4, -0.2) is 100 Å². The third-order valence-electron chi connectivity index (χ3n) is 8.01. The number of unbranched alkanes of at least 4 members (excludes halogenated alkanes) is 1. The monoisotopic (exact) mass is 704 g/mol. The van der Waals surface area contributed by atoms with Crippen molar-refractivity contribution in [3.63, 3.8) is 0 Å². The molecule has 0 radical (unpaired) electrons. The van der Waals surface area contributed by atoms with Crippen LogP contribution in [0.25, 0.3) is 10.9 Å². The molecule has 16 heteroatoms. The normalized spacial score (nSPS) is 14.9. The lowest BCUT2D eigenvalue weighted by Gasteiger charge is -2.27. The lowest BCUT2D eigenvalue weighted by Crippen LogP contribution is -2.59. The molecular weight excluding hydrogens is 652 g/mol. The molecule has 0 spiro atoms. The number of nitrogens with one attached hydrogen (secondary N) is 6. The molecule has 11 N–H and O–H groups in total. The second-order valence-electron chi connectivity index (χ2n) is 12.4. The summed E-state index contributed by atoms with van der Waals surface area (Å²) in [6.45, 7) is 6.63. The molecular formula is C33H52N8O7S. The molecule has 0 aliphatic heterocycles. The van der Waals surface area contributed by atoms with E-state index in [4.69, 9.17) is 11.5 Å². The fourth-order valence-electron chi connectivity index (χ4n) is 4.98. The van der Waals surface area contributed by atoms with E-state index in [1.165, 1.54) is 13.8 Å². The van der Waals surface area contributed by atoms with Gasteiger partial charge in [-0.1, -0.05) is 32.0 Å². The Morgan fingerprint density at radius 3 is 2.06 bits per heavy atom. The number of carboxylic acids is 1. The summed E-state index contributed by atoms with van der Waals surface area (Å²) in [5, 5.41) is 23.2. The summed E-state index contributed by atoms with van der Waals surface area (Å²) in [5.74, 6) is -3.99. The number of aromatic amines is 1. The zero-order valence-electron chi connectivity index (χ0n) is 28.8. The zero-order chi connectivity index (χ0) is 36.7. The van der Waals surface area contributed by atoms with Crippen molar-refractivity contribution in [2.24, 2.45) is 17.4 Å². The molecule has 1 heterocycles. The highest BCUT2D eigenvalue weighted by molar-refractivity contribution is 7.98. The van der Waals surface area contributed by atoms with E-state index in [2.05, 4.69) is 31.6 Å². The van der Waals surface area contributed by atoms with Crippen LogP contribution in [0.1, 0.15) is 58.9 Å². The molecule has 1 aromatic heterocycles. The molecule has 5 amide bonds. The van der Waals surface area contributed by atoms with E-state index >= 15 is 0 Å². The van der Waals surface area contributed by atoms with Gasteiger partial charge in [0, 0.05) is 23.5 Å². The average molecular weight is 705 g/mol. The summed E-state index contributed by atoms with van der Waals surface area (Å²) >= 11 is 1.55. The number of hydrogen-bond acceptors (Lipinski definition) is 9. The fraction of sp³-hybridized carbons (Fsp3) is 0.576. The van der Waals surface area contributed by atoms with Crippen LogP contribution < -0.4 is 38.1 Å². The van der Waals surface area contributed by atoms with Gasteiger partial charge < -0.3 is 48.1 Å². The van der Waals surface area contributed by atoms with E-state index in [0.29, 0.717) is 31.6 Å². The number of carbonyl (C=O) groups is 6. The minimum absolute atomic E-state index is 0.0313. The van der Waals surface area contributed by atoms with Gasteiger partial charge in [0.15, 0.2) is 0 Å². The van der Waals surface area contributed by atoms with Crippen molar-refractivity contribution in [2.75, 3.05) is 18.6 Å². The van der Waals surface area contributed by atoms with Crippen LogP contribution in [0, 0.1) is 5.92 Å². The maximum atomic E-state index is 13.8. The summed E-state index contributed by atoms with van der Waals surface area (Å²) in [4.78, 5) is 80.7. The summed E-state index contributed by atoms with van der Waals surface area (Å²) in [6.07, 6.45) is 5.33. The maximum Gasteiger partial charge on any atom is 0.325 e. The van der Waals surface area contributed by atoms with Gasteiger partial charge in [0.25, 0.3) is 0 Å². The minimum Gasteiger partial charge on any atom is -0.480 e. The molecule has 0 bridgehead atoms. The molecule has 272 valence electrons. The summed E-state index contributed by atoms with van der Waals surface area (Å²) in [6, 6.07) is 1.07. The van der Waals surface area contributed by atoms with Crippen molar-refractivity contribution in [2.45, 2.75) is 96.1 Å². The Balaban J connectivity index is 2.27. The van der Waals surface area contributed by atoms with Crippen LogP contribution in [0.3, 0.4) is 0 Å². The third kappa shape index (κ3) is 13.0. The van der Waals surface area contributed by atoms with Gasteiger partial charge in [-0.25, -0.2) is 0 Å². The predicted octanol–water partition coefficient (Wildman–Crippen LogP) is 0.124. The fourth-order valence-corrected chi connectivity index (χ4v) is 5.47. The number of para-hydroxylation sites is 1. The second-order valence-corrected chi connectivity index (χ2v) is 13.4. The minimum atomic E-state index is -1.24. The van der Waals surface area contributed by atoms with Crippen LogP contribution >= 0.6 is 11.8 Å². The number of carboxylic acid groups (broad SMARTS) is 1. The summed E-state index contributed by atoms with van der Waals surface area (Å²) in [7, 11) is 0. The standard InChI is InChI=1S/C33H52N8O7S/c1-18(2)27(41-29(43)23(35)13-15-49-5)32(46)37-19(3)28(42)40-26(16-21-17-36-24-11-7-6-10-22(21)24)31(45)39-25(12-8-9-14-34)30(44)38-20(4)33(47)48/h6-7,10-11,17-20,23,25-27,36H,8-9,12-16,34-35H2,1-5H3,(H,37,46)(H,38,44)(H,39,45)(H,40,42)(H,41,43)(H,47,48)/t19-,20-,23-,25-,26-,27-/m0/s1. The van der Waals surface area contributed by atoms with E-state index in [1.807, 2.05) is 30.5 Å². The number of H-pyrrole nitrogens is 1. The number of rotatable bonds is 21. The van der Waals surface area contributed by atoms with Gasteiger partial charge in [0.05, 0.1) is 6.04 Å². The van der Waals surface area contributed by atoms with Gasteiger partial charge in [0.2, 0.25) is 29.5 Å². The molecule has 2 rings (SSSR count). The smallest absolute Gasteiger partial charge is 0.325 e. The number of amides is 5. The van der Waals surface area contributed by atoms with Crippen molar-refractivity contribution in [1.29, 1.82) is 0 Å². The van der Waals surface area contributed by atoms with Crippen molar-refractivity contribution in [1.82, 2.24) is 31.6 Å². The van der Waals surface area contributed by atoms with Crippen LogP contribution in [0.15, 0.2) is 30.5 Å². The van der Waals surface area contributed by atoms with Gasteiger partial charge in [-0.2, -0.15) is 11.8 Å². The number of aromatic nitrogens is 1. The van der Waals surface area contributed by atoms with E-state index in [-0.39, 0.29) is 18.8 Å². The Labute approximate surface area is 291 Å². The molecule has 0 saturated carbocycles. The van der Waals surface area contributed by atoms with Crippen molar-refractivity contribution < 1.29 is 33.9 Å². The molecule has 49 heavy (non-hydrogen) atoms. The maximum absolute atomic E-state index is 13.8. The number of thioether (sulfide) groups is 1. The third-order valence-corrected chi connectivity index (χ3v) is 8.65. The van der Waals surface area contributed by atoms with Crippen LogP contribution in [-0.2, 0) is 35.2 Å². The molecule has 6 atom stereocenters. The van der Waals surface area contributed by atoms with Gasteiger partial charge >= 0.3 is 5.97 Å². The van der Waals surface area contributed by atoms with Crippen LogP contribution in [0.2, 0.25) is 0 Å². The number of carbonyl (C=O) groups excluding carboxylic acids is 5. The number of nitrogens with two attached hydrogens (primary N) is 2. The summed E-state index contributed by atoms with van der Waals surface area (Å²) in [5.41, 5.74) is 13.1. The number of aliphatic carboxylic acids is 1. The Morgan fingerprint density at radius 1 is 0.796 bits per heavy atom. The Kier molecular flexibility index (Phi) is 17.1. The van der Waals surface area contributed by atoms with Crippen LogP contribution in [0.4, 0.5) is 0 Å². The van der Waals surface area contributed by atoms with Gasteiger partial charge in [-0.05, 0) is 75.6 Å². The highest BCUT2D eigenvalue weighted by atomic mass is 32.2. The SMILES string of the molecule is CSCC[C@H](N)C(=O)N[C@H](C(=O)N[C@@H](C)C(=O)N[C@@H](Cc1c[nH]c2ccccc12)C(=O)N[C@@H](CCCCN)C(=O)N[C@@H](C)C(=O)O)C(C)C. The number of benzene rings is 1. The predicted molar refractivity (Wildman–Crippen MR) is 189 cm³/mol. The van der Waals surface area contributed by atoms with Gasteiger partial charge in [0.1, 0.15) is 30.2 Å². The summed E-state index contributed by atoms with van der Waals surface area (Å²) < 4.78 is 0. The molecule has 0 saturated heterocycles. The van der Waals surface area contributed by atoms with Crippen molar-refractivity contribution in [3.05, 3.63) is 36.0 Å². The lowest BCUT2D eigenvalue weighted by atomic mass is 10.0. The van der Waals surface area contributed by atoms with Crippen LogP contribution in [0.5, 0.6) is 0 Å². The lowest BCUT2D eigenvalue weighted by molar-refractivity contribution is -0.141. The van der Waals surface area contributed by atoms with Crippen molar-refractivity contribution in [3.8, 4) is 0 Å². The first-order valence-electron chi connectivity index (χ1n) is 16.4. The molecule has 1 aromatic carbocycles. The second kappa shape index (κ2) is 20.4. The van der Waals surface area contributed by atoms with Gasteiger partial charge in [-0.3, -0.25) is 28.8 Å². The zero-order valence-corrected chi connectivity index (χ0v) is 29.7. The first-order valence-corrected chi connectivity index (χ1v) is 17.8. The highest BCUT2D eigenvalue weighted by Gasteiger charge is 2.32. The van der Waals surface area contributed by atoms with E-state index in [1.54, 1.807) is 31.8 Å². The largest absolute Gasteiger partial charge is 0.480 e. The Morgan fingerprint density at radius 2 is 1.43 bits per heavy atom. The van der Waals surface area contributed by atoms with E-state index in [0.717, 1.165) is 16.5 Å².